The highest BCUT2D eigenvalue weighted by Gasteiger charge is 2.29. The fourth-order valence-electron chi connectivity index (χ4n) is 2.30. The molecule has 0 aliphatic carbocycles. The summed E-state index contributed by atoms with van der Waals surface area (Å²) in [4.78, 5) is 23.7. The summed E-state index contributed by atoms with van der Waals surface area (Å²) in [6.45, 7) is 0.291. The lowest BCUT2D eigenvalue weighted by Crippen LogP contribution is -2.26. The number of benzene rings is 2. The quantitative estimate of drug-likeness (QED) is 0.705. The van der Waals surface area contributed by atoms with Crippen LogP contribution in [0.15, 0.2) is 48.5 Å². The summed E-state index contributed by atoms with van der Waals surface area (Å²) < 4.78 is 37.4. The summed E-state index contributed by atoms with van der Waals surface area (Å²) in [6, 6.07) is 11.2. The largest absolute Gasteiger partial charge is 0.416 e. The molecule has 0 bridgehead atoms. The smallest absolute Gasteiger partial charge is 0.356 e. The minimum absolute atomic E-state index is 0.0501. The molecule has 2 aromatic carbocycles. The number of Topliss-reactive ketones (excluding diaryl/α,β-unsaturated/α-hetero) is 1. The fourth-order valence-corrected chi connectivity index (χ4v) is 2.43. The maximum atomic E-state index is 12.5. The molecule has 0 spiro atoms. The Labute approximate surface area is 154 Å². The van der Waals surface area contributed by atoms with E-state index in [1.165, 1.54) is 12.1 Å². The van der Waals surface area contributed by atoms with Gasteiger partial charge in [-0.3, -0.25) is 9.59 Å². The van der Waals surface area contributed by atoms with Crippen LogP contribution in [0.5, 0.6) is 0 Å². The van der Waals surface area contributed by atoms with Gasteiger partial charge >= 0.3 is 6.18 Å². The van der Waals surface area contributed by atoms with Crippen molar-refractivity contribution < 1.29 is 22.8 Å². The molecule has 138 valence electrons. The molecular weight excluding hydrogens is 367 g/mol. The van der Waals surface area contributed by atoms with Crippen molar-refractivity contribution in [3.8, 4) is 0 Å². The molecule has 0 heterocycles. The molecule has 0 aromatic heterocycles. The monoisotopic (exact) mass is 383 g/mol. The van der Waals surface area contributed by atoms with Crippen LogP contribution in [0.4, 0.5) is 13.2 Å². The number of alkyl halides is 3. The Kier molecular flexibility index (Phi) is 6.80. The van der Waals surface area contributed by atoms with Gasteiger partial charge in [0, 0.05) is 30.0 Å². The number of hydrogen-bond acceptors (Lipinski definition) is 2. The lowest BCUT2D eigenvalue weighted by atomic mass is 10.1. The molecule has 1 amide bonds. The van der Waals surface area contributed by atoms with Gasteiger partial charge in [0.1, 0.15) is 0 Å². The van der Waals surface area contributed by atoms with Gasteiger partial charge in [-0.25, -0.2) is 0 Å². The van der Waals surface area contributed by atoms with E-state index in [-0.39, 0.29) is 24.5 Å². The van der Waals surface area contributed by atoms with Gasteiger partial charge in [0.05, 0.1) is 5.56 Å². The van der Waals surface area contributed by atoms with E-state index in [0.717, 1.165) is 12.1 Å². The number of halogens is 4. The molecule has 0 unspecified atom stereocenters. The van der Waals surface area contributed by atoms with E-state index in [1.54, 1.807) is 24.3 Å². The molecule has 0 aliphatic heterocycles. The van der Waals surface area contributed by atoms with Gasteiger partial charge in [0.25, 0.3) is 0 Å². The number of hydrogen-bond donors (Lipinski definition) is 1. The second kappa shape index (κ2) is 8.85. The van der Waals surface area contributed by atoms with E-state index < -0.39 is 11.7 Å². The van der Waals surface area contributed by atoms with Crippen LogP contribution in [0.25, 0.3) is 0 Å². The van der Waals surface area contributed by atoms with Crippen molar-refractivity contribution >= 4 is 23.3 Å². The van der Waals surface area contributed by atoms with E-state index >= 15 is 0 Å². The first-order valence-electron chi connectivity index (χ1n) is 7.97. The Morgan fingerprint density at radius 1 is 0.923 bits per heavy atom. The molecule has 0 fully saturated rings. The van der Waals surface area contributed by atoms with E-state index in [1.807, 2.05) is 0 Å². The first kappa shape index (κ1) is 20.0. The van der Waals surface area contributed by atoms with Crippen LogP contribution in [0.2, 0.25) is 5.02 Å². The van der Waals surface area contributed by atoms with E-state index in [2.05, 4.69) is 5.32 Å². The highest BCUT2D eigenvalue weighted by molar-refractivity contribution is 6.30. The molecule has 2 aromatic rings. The summed E-state index contributed by atoms with van der Waals surface area (Å²) in [6.07, 6.45) is -3.82. The fraction of sp³-hybridized carbons (Fsp3) is 0.263. The van der Waals surface area contributed by atoms with Gasteiger partial charge in [-0.1, -0.05) is 23.7 Å². The van der Waals surface area contributed by atoms with Crippen LogP contribution < -0.4 is 5.32 Å². The normalized spacial score (nSPS) is 11.2. The molecule has 0 saturated heterocycles. The second-order valence-electron chi connectivity index (χ2n) is 5.72. The second-order valence-corrected chi connectivity index (χ2v) is 6.16. The average molecular weight is 384 g/mol. The van der Waals surface area contributed by atoms with E-state index in [0.29, 0.717) is 29.1 Å². The molecule has 1 N–H and O–H groups in total. The first-order chi connectivity index (χ1) is 12.3. The summed E-state index contributed by atoms with van der Waals surface area (Å²) in [5.74, 6) is -0.432. The van der Waals surface area contributed by atoms with Crippen LogP contribution in [0.1, 0.15) is 34.3 Å². The van der Waals surface area contributed by atoms with Gasteiger partial charge < -0.3 is 5.32 Å². The number of amides is 1. The molecule has 0 saturated carbocycles. The zero-order valence-electron chi connectivity index (χ0n) is 13.8. The van der Waals surface area contributed by atoms with Gasteiger partial charge in [0.15, 0.2) is 5.78 Å². The first-order valence-corrected chi connectivity index (χ1v) is 8.35. The standard InChI is InChI=1S/C19H17ClF3NO2/c20-16-7-3-14(4-8-16)17(25)9-10-18(26)24-12-11-13-1-5-15(6-2-13)19(21,22)23/h1-8H,9-12H2,(H,24,26). The Morgan fingerprint density at radius 2 is 1.54 bits per heavy atom. The minimum atomic E-state index is -4.36. The van der Waals surface area contributed by atoms with Crippen LogP contribution in [-0.2, 0) is 17.4 Å². The summed E-state index contributed by atoms with van der Waals surface area (Å²) in [5, 5.41) is 3.19. The third kappa shape index (κ3) is 6.19. The third-order valence-electron chi connectivity index (χ3n) is 3.76. The van der Waals surface area contributed by atoms with Crippen molar-refractivity contribution in [2.24, 2.45) is 0 Å². The van der Waals surface area contributed by atoms with Crippen molar-refractivity contribution in [3.05, 3.63) is 70.2 Å². The van der Waals surface area contributed by atoms with Crippen molar-refractivity contribution in [1.29, 1.82) is 0 Å². The van der Waals surface area contributed by atoms with Crippen molar-refractivity contribution in [2.75, 3.05) is 6.54 Å². The number of nitrogens with one attached hydrogen (secondary N) is 1. The van der Waals surface area contributed by atoms with Crippen molar-refractivity contribution in [3.63, 3.8) is 0 Å². The molecule has 3 nitrogen and oxygen atoms in total. The SMILES string of the molecule is O=C(CCC(=O)c1ccc(Cl)cc1)NCCc1ccc(C(F)(F)F)cc1. The van der Waals surface area contributed by atoms with E-state index in [9.17, 15) is 22.8 Å². The third-order valence-corrected chi connectivity index (χ3v) is 4.01. The zero-order valence-corrected chi connectivity index (χ0v) is 14.5. The van der Waals surface area contributed by atoms with Crippen LogP contribution in [-0.4, -0.2) is 18.2 Å². The summed E-state index contributed by atoms with van der Waals surface area (Å²) >= 11 is 5.75. The van der Waals surface area contributed by atoms with Gasteiger partial charge in [-0.2, -0.15) is 13.2 Å². The molecule has 7 heteroatoms. The Morgan fingerprint density at radius 3 is 2.12 bits per heavy atom. The number of ketones is 1. The van der Waals surface area contributed by atoms with E-state index in [4.69, 9.17) is 11.6 Å². The lowest BCUT2D eigenvalue weighted by molar-refractivity contribution is -0.137. The predicted octanol–water partition coefficient (Wildman–Crippen LogP) is 4.68. The van der Waals surface area contributed by atoms with Gasteiger partial charge in [0.2, 0.25) is 5.91 Å². The summed E-state index contributed by atoms with van der Waals surface area (Å²) in [5.41, 5.74) is 0.480. The molecule has 0 radical (unpaired) electrons. The minimum Gasteiger partial charge on any atom is -0.356 e. The molecular formula is C19H17ClF3NO2. The maximum absolute atomic E-state index is 12.5. The molecule has 2 rings (SSSR count). The molecule has 0 aliphatic rings. The summed E-state index contributed by atoms with van der Waals surface area (Å²) in [7, 11) is 0. The topological polar surface area (TPSA) is 46.2 Å². The van der Waals surface area contributed by atoms with Crippen molar-refractivity contribution in [2.45, 2.75) is 25.4 Å². The Balaban J connectivity index is 1.72. The van der Waals surface area contributed by atoms with Gasteiger partial charge in [-0.15, -0.1) is 0 Å². The Hall–Kier alpha value is -2.34. The number of carbonyl (C=O) groups excluding carboxylic acids is 2. The Bertz CT molecular complexity index is 756. The number of rotatable bonds is 7. The van der Waals surface area contributed by atoms with Crippen LogP contribution >= 0.6 is 11.6 Å². The average Bonchev–Trinajstić information content (AvgIpc) is 2.60. The van der Waals surface area contributed by atoms with Crippen LogP contribution in [0.3, 0.4) is 0 Å². The van der Waals surface area contributed by atoms with Crippen molar-refractivity contribution in [1.82, 2.24) is 5.32 Å². The predicted molar refractivity (Wildman–Crippen MR) is 93.2 cm³/mol. The zero-order chi connectivity index (χ0) is 19.2. The lowest BCUT2D eigenvalue weighted by Gasteiger charge is -2.08. The highest BCUT2D eigenvalue weighted by Crippen LogP contribution is 2.29. The number of carbonyl (C=O) groups is 2. The maximum Gasteiger partial charge on any atom is 0.416 e. The molecule has 26 heavy (non-hydrogen) atoms. The van der Waals surface area contributed by atoms with Gasteiger partial charge in [-0.05, 0) is 48.4 Å². The van der Waals surface area contributed by atoms with Crippen LogP contribution in [0, 0.1) is 0 Å². The molecule has 0 atom stereocenters. The highest BCUT2D eigenvalue weighted by atomic mass is 35.5.